The summed E-state index contributed by atoms with van der Waals surface area (Å²) in [7, 11) is 0. The van der Waals surface area contributed by atoms with Crippen molar-refractivity contribution in [3.8, 4) is 0 Å². The highest BCUT2D eigenvalue weighted by Crippen LogP contribution is 2.20. The fourth-order valence-corrected chi connectivity index (χ4v) is 3.23. The molecule has 1 aliphatic carbocycles. The Labute approximate surface area is 112 Å². The molecule has 1 heterocycles. The van der Waals surface area contributed by atoms with Gasteiger partial charge in [-0.1, -0.05) is 26.7 Å². The third-order valence-corrected chi connectivity index (χ3v) is 4.16. The van der Waals surface area contributed by atoms with Gasteiger partial charge in [0, 0.05) is 32.2 Å². The third kappa shape index (κ3) is 4.87. The van der Waals surface area contributed by atoms with Gasteiger partial charge < -0.3 is 10.1 Å². The summed E-state index contributed by atoms with van der Waals surface area (Å²) in [6.07, 6.45) is 7.18. The first-order chi connectivity index (χ1) is 8.74. The minimum absolute atomic E-state index is 0.569. The van der Waals surface area contributed by atoms with Crippen LogP contribution in [0.1, 0.15) is 46.0 Å². The lowest BCUT2D eigenvalue weighted by Crippen LogP contribution is -2.51. The van der Waals surface area contributed by atoms with Crippen LogP contribution in [-0.2, 0) is 4.74 Å². The number of hydrogen-bond acceptors (Lipinski definition) is 3. The average molecular weight is 254 g/mol. The second-order valence-electron chi connectivity index (χ2n) is 6.36. The quantitative estimate of drug-likeness (QED) is 0.787. The summed E-state index contributed by atoms with van der Waals surface area (Å²) in [5.74, 6) is 0.789. The van der Waals surface area contributed by atoms with Crippen LogP contribution < -0.4 is 5.32 Å². The molecule has 106 valence electrons. The van der Waals surface area contributed by atoms with Gasteiger partial charge in [-0.2, -0.15) is 0 Å². The van der Waals surface area contributed by atoms with Crippen molar-refractivity contribution in [2.45, 2.75) is 58.1 Å². The summed E-state index contributed by atoms with van der Waals surface area (Å²) in [4.78, 5) is 2.57. The molecule has 1 unspecified atom stereocenters. The maximum absolute atomic E-state index is 5.96. The molecular formula is C15H30N2O. The van der Waals surface area contributed by atoms with E-state index in [2.05, 4.69) is 24.1 Å². The molecule has 1 atom stereocenters. The first-order valence-corrected chi connectivity index (χ1v) is 7.81. The Morgan fingerprint density at radius 3 is 2.78 bits per heavy atom. The monoisotopic (exact) mass is 254 g/mol. The molecule has 1 aliphatic heterocycles. The minimum atomic E-state index is 0.569. The number of rotatable bonds is 6. The van der Waals surface area contributed by atoms with Crippen LogP contribution >= 0.6 is 0 Å². The maximum Gasteiger partial charge on any atom is 0.0597 e. The van der Waals surface area contributed by atoms with Crippen molar-refractivity contribution in [2.75, 3.05) is 32.8 Å². The van der Waals surface area contributed by atoms with Gasteiger partial charge in [-0.05, 0) is 25.2 Å². The second-order valence-corrected chi connectivity index (χ2v) is 6.36. The standard InChI is InChI=1S/C15H30N2O/c1-13(2)11-14-12-17(8-7-16-14)9-10-18-15-5-3-4-6-15/h13-16H,3-12H2,1-2H3. The SMILES string of the molecule is CC(C)CC1CN(CCOC2CCCC2)CCN1. The van der Waals surface area contributed by atoms with Gasteiger partial charge in [-0.15, -0.1) is 0 Å². The zero-order valence-electron chi connectivity index (χ0n) is 12.2. The summed E-state index contributed by atoms with van der Waals surface area (Å²) in [6.45, 7) is 10.2. The lowest BCUT2D eigenvalue weighted by Gasteiger charge is -2.34. The zero-order chi connectivity index (χ0) is 12.8. The third-order valence-electron chi connectivity index (χ3n) is 4.16. The van der Waals surface area contributed by atoms with Crippen LogP contribution in [0.4, 0.5) is 0 Å². The molecule has 1 saturated carbocycles. The van der Waals surface area contributed by atoms with Crippen molar-refractivity contribution in [1.29, 1.82) is 0 Å². The van der Waals surface area contributed by atoms with Gasteiger partial charge in [0.05, 0.1) is 12.7 Å². The molecule has 0 aromatic heterocycles. The summed E-state index contributed by atoms with van der Waals surface area (Å²) < 4.78 is 5.96. The number of hydrogen-bond donors (Lipinski definition) is 1. The molecule has 3 heteroatoms. The molecule has 0 bridgehead atoms. The van der Waals surface area contributed by atoms with E-state index in [-0.39, 0.29) is 0 Å². The van der Waals surface area contributed by atoms with E-state index in [1.807, 2.05) is 0 Å². The van der Waals surface area contributed by atoms with Gasteiger partial charge in [0.2, 0.25) is 0 Å². The molecular weight excluding hydrogens is 224 g/mol. The summed E-state index contributed by atoms with van der Waals surface area (Å²) >= 11 is 0. The van der Waals surface area contributed by atoms with Gasteiger partial charge in [0.15, 0.2) is 0 Å². The van der Waals surface area contributed by atoms with Gasteiger partial charge in [0.25, 0.3) is 0 Å². The van der Waals surface area contributed by atoms with Crippen molar-refractivity contribution in [1.82, 2.24) is 10.2 Å². The molecule has 0 aromatic carbocycles. The van der Waals surface area contributed by atoms with Gasteiger partial charge in [-0.3, -0.25) is 4.90 Å². The summed E-state index contributed by atoms with van der Waals surface area (Å²) in [5, 5.41) is 3.63. The number of piperazine rings is 1. The Balaban J connectivity index is 1.59. The largest absolute Gasteiger partial charge is 0.377 e. The highest BCUT2D eigenvalue weighted by Gasteiger charge is 2.20. The maximum atomic E-state index is 5.96. The summed E-state index contributed by atoms with van der Waals surface area (Å²) in [5.41, 5.74) is 0. The van der Waals surface area contributed by atoms with Crippen LogP contribution in [0.15, 0.2) is 0 Å². The topological polar surface area (TPSA) is 24.5 Å². The Hall–Kier alpha value is -0.120. The van der Waals surface area contributed by atoms with Crippen LogP contribution in [0.3, 0.4) is 0 Å². The van der Waals surface area contributed by atoms with Crippen molar-refractivity contribution >= 4 is 0 Å². The van der Waals surface area contributed by atoms with Gasteiger partial charge >= 0.3 is 0 Å². The van der Waals surface area contributed by atoms with Gasteiger partial charge in [-0.25, -0.2) is 0 Å². The van der Waals surface area contributed by atoms with E-state index < -0.39 is 0 Å². The first-order valence-electron chi connectivity index (χ1n) is 7.81. The molecule has 2 fully saturated rings. The zero-order valence-corrected chi connectivity index (χ0v) is 12.2. The predicted molar refractivity (Wildman–Crippen MR) is 75.9 cm³/mol. The molecule has 3 nitrogen and oxygen atoms in total. The number of nitrogens with zero attached hydrogens (tertiary/aromatic N) is 1. The molecule has 2 rings (SSSR count). The van der Waals surface area contributed by atoms with Gasteiger partial charge in [0.1, 0.15) is 0 Å². The first kappa shape index (κ1) is 14.3. The molecule has 1 N–H and O–H groups in total. The second kappa shape index (κ2) is 7.46. The van der Waals surface area contributed by atoms with Crippen molar-refractivity contribution in [2.24, 2.45) is 5.92 Å². The highest BCUT2D eigenvalue weighted by atomic mass is 16.5. The van der Waals surface area contributed by atoms with E-state index in [9.17, 15) is 0 Å². The Bertz CT molecular complexity index is 227. The smallest absolute Gasteiger partial charge is 0.0597 e. The molecule has 1 saturated heterocycles. The summed E-state index contributed by atoms with van der Waals surface area (Å²) in [6, 6.07) is 0.685. The number of ether oxygens (including phenoxy) is 1. The lowest BCUT2D eigenvalue weighted by molar-refractivity contribution is 0.0360. The van der Waals surface area contributed by atoms with Crippen molar-refractivity contribution in [3.05, 3.63) is 0 Å². The minimum Gasteiger partial charge on any atom is -0.377 e. The van der Waals surface area contributed by atoms with E-state index in [4.69, 9.17) is 4.74 Å². The Kier molecular flexibility index (Phi) is 5.93. The van der Waals surface area contributed by atoms with Crippen LogP contribution in [0.25, 0.3) is 0 Å². The van der Waals surface area contributed by atoms with Crippen molar-refractivity contribution in [3.63, 3.8) is 0 Å². The molecule has 2 aliphatic rings. The van der Waals surface area contributed by atoms with E-state index in [0.29, 0.717) is 12.1 Å². The molecule has 0 amide bonds. The number of nitrogens with one attached hydrogen (secondary N) is 1. The molecule has 0 radical (unpaired) electrons. The van der Waals surface area contributed by atoms with E-state index in [0.717, 1.165) is 25.6 Å². The van der Waals surface area contributed by atoms with Crippen LogP contribution in [0.2, 0.25) is 0 Å². The fourth-order valence-electron chi connectivity index (χ4n) is 3.23. The Morgan fingerprint density at radius 1 is 1.28 bits per heavy atom. The van der Waals surface area contributed by atoms with Crippen LogP contribution in [-0.4, -0.2) is 49.8 Å². The average Bonchev–Trinajstić information content (AvgIpc) is 2.82. The van der Waals surface area contributed by atoms with E-state index >= 15 is 0 Å². The predicted octanol–water partition coefficient (Wildman–Crippen LogP) is 2.27. The van der Waals surface area contributed by atoms with Crippen molar-refractivity contribution < 1.29 is 4.74 Å². The highest BCUT2D eigenvalue weighted by molar-refractivity contribution is 4.79. The Morgan fingerprint density at radius 2 is 2.06 bits per heavy atom. The lowest BCUT2D eigenvalue weighted by atomic mass is 10.0. The fraction of sp³-hybridized carbons (Fsp3) is 1.00. The molecule has 0 spiro atoms. The normalized spacial score (nSPS) is 27.2. The van der Waals surface area contributed by atoms with Crippen LogP contribution in [0.5, 0.6) is 0 Å². The molecule has 18 heavy (non-hydrogen) atoms. The van der Waals surface area contributed by atoms with E-state index in [1.54, 1.807) is 0 Å². The van der Waals surface area contributed by atoms with E-state index in [1.165, 1.54) is 45.2 Å². The molecule has 0 aromatic rings. The van der Waals surface area contributed by atoms with Crippen LogP contribution in [0, 0.1) is 5.92 Å².